The van der Waals surface area contributed by atoms with E-state index in [0.29, 0.717) is 18.7 Å². The van der Waals surface area contributed by atoms with Gasteiger partial charge in [0.25, 0.3) is 5.92 Å². The molecule has 4 heteroatoms. The first-order valence-corrected chi connectivity index (χ1v) is 4.50. The number of benzene rings is 1. The van der Waals surface area contributed by atoms with Crippen LogP contribution in [0.3, 0.4) is 0 Å². The van der Waals surface area contributed by atoms with Crippen molar-refractivity contribution in [3.8, 4) is 5.75 Å². The van der Waals surface area contributed by atoms with Crippen molar-refractivity contribution in [3.05, 3.63) is 29.3 Å². The molecule has 1 heterocycles. The van der Waals surface area contributed by atoms with E-state index < -0.39 is 5.92 Å². The zero-order chi connectivity index (χ0) is 10.2. The highest BCUT2D eigenvalue weighted by Crippen LogP contribution is 2.36. The zero-order valence-corrected chi connectivity index (χ0v) is 7.56. The number of rotatable bonds is 0. The maximum Gasteiger partial charge on any atom is 0.274 e. The lowest BCUT2D eigenvalue weighted by Gasteiger charge is -2.16. The molecule has 0 saturated carbocycles. The van der Waals surface area contributed by atoms with Crippen LogP contribution < -0.4 is 5.32 Å². The van der Waals surface area contributed by atoms with Crippen molar-refractivity contribution in [2.45, 2.75) is 18.9 Å². The van der Waals surface area contributed by atoms with E-state index in [1.54, 1.807) is 0 Å². The predicted octanol–water partition coefficient (Wildman–Crippen LogP) is 1.98. The molecule has 0 saturated heterocycles. The van der Waals surface area contributed by atoms with Crippen LogP contribution in [0.1, 0.15) is 17.5 Å². The average Bonchev–Trinajstić information content (AvgIpc) is 2.25. The van der Waals surface area contributed by atoms with Gasteiger partial charge >= 0.3 is 0 Å². The van der Waals surface area contributed by atoms with Gasteiger partial charge in [-0.05, 0) is 23.8 Å². The standard InChI is InChI=1S/C10H11F2NO/c11-10(12)3-4-13-6-7-5-8(14)1-2-9(7)10/h1-2,5,13-14H,3-4,6H2. The molecule has 0 bridgehead atoms. The van der Waals surface area contributed by atoms with Crippen molar-refractivity contribution in [1.29, 1.82) is 0 Å². The third-order valence-corrected chi connectivity index (χ3v) is 2.41. The summed E-state index contributed by atoms with van der Waals surface area (Å²) in [6.07, 6.45) is -0.190. The van der Waals surface area contributed by atoms with Crippen molar-refractivity contribution >= 4 is 0 Å². The molecule has 0 spiro atoms. The molecule has 0 atom stereocenters. The Labute approximate surface area is 80.6 Å². The molecule has 1 aromatic rings. The number of halogens is 2. The van der Waals surface area contributed by atoms with E-state index in [4.69, 9.17) is 0 Å². The Morgan fingerprint density at radius 2 is 2.14 bits per heavy atom. The monoisotopic (exact) mass is 199 g/mol. The maximum absolute atomic E-state index is 13.5. The van der Waals surface area contributed by atoms with Crippen LogP contribution in [0.25, 0.3) is 0 Å². The number of hydrogen-bond acceptors (Lipinski definition) is 2. The molecule has 1 aliphatic rings. The largest absolute Gasteiger partial charge is 0.508 e. The van der Waals surface area contributed by atoms with Gasteiger partial charge in [0.1, 0.15) is 5.75 Å². The Balaban J connectivity index is 2.50. The fourth-order valence-corrected chi connectivity index (χ4v) is 1.69. The van der Waals surface area contributed by atoms with Gasteiger partial charge in [-0.25, -0.2) is 8.78 Å². The third kappa shape index (κ3) is 1.57. The fourth-order valence-electron chi connectivity index (χ4n) is 1.69. The van der Waals surface area contributed by atoms with Gasteiger partial charge in [0.15, 0.2) is 0 Å². The number of nitrogens with one attached hydrogen (secondary N) is 1. The van der Waals surface area contributed by atoms with Crippen LogP contribution >= 0.6 is 0 Å². The van der Waals surface area contributed by atoms with Crippen LogP contribution in [-0.2, 0) is 12.5 Å². The second kappa shape index (κ2) is 3.20. The maximum atomic E-state index is 13.5. The van der Waals surface area contributed by atoms with Crippen LogP contribution in [0.2, 0.25) is 0 Å². The van der Waals surface area contributed by atoms with E-state index in [-0.39, 0.29) is 17.7 Å². The van der Waals surface area contributed by atoms with Crippen LogP contribution in [-0.4, -0.2) is 11.7 Å². The summed E-state index contributed by atoms with van der Waals surface area (Å²) in [7, 11) is 0. The molecule has 0 radical (unpaired) electrons. The van der Waals surface area contributed by atoms with Gasteiger partial charge in [-0.1, -0.05) is 0 Å². The van der Waals surface area contributed by atoms with E-state index in [1.807, 2.05) is 0 Å². The van der Waals surface area contributed by atoms with Gasteiger partial charge in [0.05, 0.1) is 0 Å². The quantitative estimate of drug-likeness (QED) is 0.669. The van der Waals surface area contributed by atoms with Crippen molar-refractivity contribution in [2.24, 2.45) is 0 Å². The summed E-state index contributed by atoms with van der Waals surface area (Å²) in [6, 6.07) is 4.00. The summed E-state index contributed by atoms with van der Waals surface area (Å²) in [5, 5.41) is 12.1. The molecule has 0 amide bonds. The molecule has 76 valence electrons. The first-order chi connectivity index (χ1) is 6.59. The smallest absolute Gasteiger partial charge is 0.274 e. The summed E-state index contributed by atoms with van der Waals surface area (Å²) in [4.78, 5) is 0. The Kier molecular flexibility index (Phi) is 2.15. The van der Waals surface area contributed by atoms with Crippen LogP contribution in [0.4, 0.5) is 8.78 Å². The second-order valence-corrected chi connectivity index (χ2v) is 3.47. The molecule has 2 N–H and O–H groups in total. The first-order valence-electron chi connectivity index (χ1n) is 4.50. The number of aromatic hydroxyl groups is 1. The normalized spacial score (nSPS) is 19.9. The zero-order valence-electron chi connectivity index (χ0n) is 7.56. The Hall–Kier alpha value is -1.16. The molecule has 0 aromatic heterocycles. The summed E-state index contributed by atoms with van der Waals surface area (Å²) in [5.74, 6) is -2.75. The molecule has 2 nitrogen and oxygen atoms in total. The molecule has 14 heavy (non-hydrogen) atoms. The van der Waals surface area contributed by atoms with Crippen molar-refractivity contribution in [3.63, 3.8) is 0 Å². The Morgan fingerprint density at radius 1 is 1.36 bits per heavy atom. The minimum absolute atomic E-state index is 0.0281. The van der Waals surface area contributed by atoms with E-state index in [9.17, 15) is 13.9 Å². The minimum atomic E-state index is -2.79. The summed E-state index contributed by atoms with van der Waals surface area (Å²) in [5.41, 5.74) is 0.507. The predicted molar refractivity (Wildman–Crippen MR) is 48.3 cm³/mol. The van der Waals surface area contributed by atoms with Gasteiger partial charge in [0.2, 0.25) is 0 Å². The van der Waals surface area contributed by atoms with Crippen LogP contribution in [0.15, 0.2) is 18.2 Å². The Morgan fingerprint density at radius 3 is 2.93 bits per heavy atom. The molecule has 2 rings (SSSR count). The van der Waals surface area contributed by atoms with Crippen LogP contribution in [0.5, 0.6) is 5.75 Å². The lowest BCUT2D eigenvalue weighted by molar-refractivity contribution is -0.0106. The third-order valence-electron chi connectivity index (χ3n) is 2.41. The highest BCUT2D eigenvalue weighted by molar-refractivity contribution is 5.38. The number of phenols is 1. The number of fused-ring (bicyclic) bond motifs is 1. The topological polar surface area (TPSA) is 32.3 Å². The lowest BCUT2D eigenvalue weighted by Crippen LogP contribution is -2.17. The SMILES string of the molecule is Oc1ccc2c(c1)CNCCC2(F)F. The van der Waals surface area contributed by atoms with Crippen molar-refractivity contribution in [1.82, 2.24) is 5.32 Å². The molecular formula is C10H11F2NO. The molecule has 0 fully saturated rings. The van der Waals surface area contributed by atoms with Crippen molar-refractivity contribution < 1.29 is 13.9 Å². The lowest BCUT2D eigenvalue weighted by atomic mass is 10.0. The van der Waals surface area contributed by atoms with E-state index in [1.165, 1.54) is 18.2 Å². The number of alkyl halides is 2. The Bertz CT molecular complexity index is 352. The summed E-state index contributed by atoms with van der Waals surface area (Å²) in [6.45, 7) is 0.682. The van der Waals surface area contributed by atoms with Gasteiger partial charge in [-0.3, -0.25) is 0 Å². The highest BCUT2D eigenvalue weighted by Gasteiger charge is 2.34. The summed E-state index contributed by atoms with van der Waals surface area (Å²) < 4.78 is 26.9. The first kappa shape index (κ1) is 9.40. The van der Waals surface area contributed by atoms with Gasteiger partial charge in [0, 0.05) is 25.1 Å². The van der Waals surface area contributed by atoms with E-state index in [2.05, 4.69) is 5.32 Å². The molecular weight excluding hydrogens is 188 g/mol. The summed E-state index contributed by atoms with van der Waals surface area (Å²) >= 11 is 0. The molecule has 1 aliphatic heterocycles. The molecule has 0 unspecified atom stereocenters. The van der Waals surface area contributed by atoms with Gasteiger partial charge in [-0.15, -0.1) is 0 Å². The second-order valence-electron chi connectivity index (χ2n) is 3.47. The van der Waals surface area contributed by atoms with Crippen LogP contribution in [0, 0.1) is 0 Å². The number of phenolic OH excluding ortho intramolecular Hbond substituents is 1. The van der Waals surface area contributed by atoms with Crippen molar-refractivity contribution in [2.75, 3.05) is 6.54 Å². The van der Waals surface area contributed by atoms with E-state index >= 15 is 0 Å². The highest BCUT2D eigenvalue weighted by atomic mass is 19.3. The average molecular weight is 199 g/mol. The molecule has 0 aliphatic carbocycles. The molecule has 1 aromatic carbocycles. The number of hydrogen-bond donors (Lipinski definition) is 2. The van der Waals surface area contributed by atoms with Gasteiger partial charge in [-0.2, -0.15) is 0 Å². The van der Waals surface area contributed by atoms with E-state index in [0.717, 1.165) is 0 Å². The fraction of sp³-hybridized carbons (Fsp3) is 0.400. The minimum Gasteiger partial charge on any atom is -0.508 e. The van der Waals surface area contributed by atoms with Gasteiger partial charge < -0.3 is 10.4 Å².